The molecule has 1 aromatic heterocycles. The van der Waals surface area contributed by atoms with Crippen LogP contribution in [0.25, 0.3) is 0 Å². The van der Waals surface area contributed by atoms with Gasteiger partial charge in [0.2, 0.25) is 0 Å². The van der Waals surface area contributed by atoms with Gasteiger partial charge >= 0.3 is 0 Å². The minimum absolute atomic E-state index is 0.0462. The highest BCUT2D eigenvalue weighted by molar-refractivity contribution is 6.29. The quantitative estimate of drug-likeness (QED) is 0.839. The fourth-order valence-corrected chi connectivity index (χ4v) is 3.10. The Morgan fingerprint density at radius 3 is 2.84 bits per heavy atom. The smallest absolute Gasteiger partial charge is 0.251 e. The van der Waals surface area contributed by atoms with Gasteiger partial charge in [-0.2, -0.15) is 0 Å². The van der Waals surface area contributed by atoms with Crippen LogP contribution >= 0.6 is 11.6 Å². The van der Waals surface area contributed by atoms with Crippen molar-refractivity contribution in [1.82, 2.24) is 10.3 Å². The predicted molar refractivity (Wildman–Crippen MR) is 77.5 cm³/mol. The first kappa shape index (κ1) is 14.3. The van der Waals surface area contributed by atoms with E-state index in [0.717, 1.165) is 18.5 Å². The molecule has 0 spiro atoms. The Balaban J connectivity index is 2.04. The standard InChI is InChI=1S/C15H21ClN2O/c1-10-7-11(8-13(16)17-10)14(19)18-12-5-4-6-15(2,3)9-12/h7-8,12H,4-6,9H2,1-3H3,(H,18,19). The van der Waals surface area contributed by atoms with Crippen molar-refractivity contribution in [2.24, 2.45) is 5.41 Å². The number of pyridine rings is 1. The summed E-state index contributed by atoms with van der Waals surface area (Å²) in [6.07, 6.45) is 4.51. The van der Waals surface area contributed by atoms with Gasteiger partial charge in [0.05, 0.1) is 0 Å². The van der Waals surface area contributed by atoms with Crippen LogP contribution in [-0.4, -0.2) is 16.9 Å². The molecule has 1 amide bonds. The molecule has 4 heteroatoms. The molecular weight excluding hydrogens is 260 g/mol. The van der Waals surface area contributed by atoms with Crippen LogP contribution in [0.15, 0.2) is 12.1 Å². The molecule has 1 N–H and O–H groups in total. The third-order valence-electron chi connectivity index (χ3n) is 3.72. The summed E-state index contributed by atoms with van der Waals surface area (Å²) in [4.78, 5) is 16.3. The number of aryl methyl sites for hydroxylation is 1. The van der Waals surface area contributed by atoms with Crippen LogP contribution in [0.1, 0.15) is 55.6 Å². The summed E-state index contributed by atoms with van der Waals surface area (Å²) in [6.45, 7) is 6.36. The lowest BCUT2D eigenvalue weighted by Gasteiger charge is -2.35. The summed E-state index contributed by atoms with van der Waals surface area (Å²) in [6, 6.07) is 3.66. The first-order valence-corrected chi connectivity index (χ1v) is 7.19. The van der Waals surface area contributed by atoms with Crippen LogP contribution in [0.5, 0.6) is 0 Å². The molecule has 0 aliphatic heterocycles. The second kappa shape index (κ2) is 5.49. The Bertz CT molecular complexity index is 465. The molecule has 1 heterocycles. The largest absolute Gasteiger partial charge is 0.349 e. The Kier molecular flexibility index (Phi) is 4.14. The van der Waals surface area contributed by atoms with E-state index in [1.807, 2.05) is 6.92 Å². The number of carbonyl (C=O) groups excluding carboxylic acids is 1. The molecule has 1 fully saturated rings. The van der Waals surface area contributed by atoms with Crippen LogP contribution in [0.4, 0.5) is 0 Å². The number of aromatic nitrogens is 1. The summed E-state index contributed by atoms with van der Waals surface area (Å²) in [5.41, 5.74) is 1.68. The normalized spacial score (nSPS) is 22.0. The van der Waals surface area contributed by atoms with E-state index in [0.29, 0.717) is 16.1 Å². The molecule has 104 valence electrons. The SMILES string of the molecule is Cc1cc(C(=O)NC2CCCC(C)(C)C2)cc(Cl)n1. The van der Waals surface area contributed by atoms with Crippen molar-refractivity contribution in [3.63, 3.8) is 0 Å². The number of halogens is 1. The van der Waals surface area contributed by atoms with Gasteiger partial charge in [-0.25, -0.2) is 4.98 Å². The summed E-state index contributed by atoms with van der Waals surface area (Å²) in [5, 5.41) is 3.49. The highest BCUT2D eigenvalue weighted by Crippen LogP contribution is 2.35. The fraction of sp³-hybridized carbons (Fsp3) is 0.600. The number of nitrogens with zero attached hydrogens (tertiary/aromatic N) is 1. The first-order valence-electron chi connectivity index (χ1n) is 6.81. The Morgan fingerprint density at radius 2 is 2.21 bits per heavy atom. The first-order chi connectivity index (χ1) is 8.85. The average Bonchev–Trinajstić information content (AvgIpc) is 2.26. The van der Waals surface area contributed by atoms with E-state index in [2.05, 4.69) is 24.1 Å². The van der Waals surface area contributed by atoms with E-state index in [9.17, 15) is 4.79 Å². The van der Waals surface area contributed by atoms with E-state index in [4.69, 9.17) is 11.6 Å². The van der Waals surface area contributed by atoms with Gasteiger partial charge in [-0.05, 0) is 43.7 Å². The highest BCUT2D eigenvalue weighted by atomic mass is 35.5. The summed E-state index contributed by atoms with van der Waals surface area (Å²) in [5.74, 6) is -0.0462. The fourth-order valence-electron chi connectivity index (χ4n) is 2.85. The molecule has 1 atom stereocenters. The summed E-state index contributed by atoms with van der Waals surface area (Å²) < 4.78 is 0. The van der Waals surface area contributed by atoms with Crippen molar-refractivity contribution in [1.29, 1.82) is 0 Å². The van der Waals surface area contributed by atoms with Crippen molar-refractivity contribution in [2.75, 3.05) is 0 Å². The van der Waals surface area contributed by atoms with Crippen LogP contribution in [0.2, 0.25) is 5.15 Å². The minimum atomic E-state index is -0.0462. The van der Waals surface area contributed by atoms with Gasteiger partial charge in [0, 0.05) is 17.3 Å². The number of rotatable bonds is 2. The Labute approximate surface area is 119 Å². The molecule has 0 bridgehead atoms. The second-order valence-corrected chi connectivity index (χ2v) is 6.64. The highest BCUT2D eigenvalue weighted by Gasteiger charge is 2.28. The van der Waals surface area contributed by atoms with Crippen LogP contribution < -0.4 is 5.32 Å². The number of hydrogen-bond acceptors (Lipinski definition) is 2. The van der Waals surface area contributed by atoms with E-state index in [1.54, 1.807) is 12.1 Å². The lowest BCUT2D eigenvalue weighted by Crippen LogP contribution is -2.40. The van der Waals surface area contributed by atoms with Crippen molar-refractivity contribution >= 4 is 17.5 Å². The molecule has 2 rings (SSSR count). The monoisotopic (exact) mass is 280 g/mol. The number of nitrogens with one attached hydrogen (secondary N) is 1. The van der Waals surface area contributed by atoms with Gasteiger partial charge in [0.15, 0.2) is 0 Å². The van der Waals surface area contributed by atoms with Gasteiger partial charge in [-0.3, -0.25) is 4.79 Å². The van der Waals surface area contributed by atoms with Gasteiger partial charge in [-0.15, -0.1) is 0 Å². The van der Waals surface area contributed by atoms with Gasteiger partial charge in [0.1, 0.15) is 5.15 Å². The molecule has 1 unspecified atom stereocenters. The van der Waals surface area contributed by atoms with Crippen molar-refractivity contribution in [3.05, 3.63) is 28.5 Å². The third-order valence-corrected chi connectivity index (χ3v) is 3.92. The van der Waals surface area contributed by atoms with Crippen LogP contribution in [-0.2, 0) is 0 Å². The van der Waals surface area contributed by atoms with E-state index >= 15 is 0 Å². The molecule has 1 aliphatic carbocycles. The molecule has 1 aromatic rings. The lowest BCUT2D eigenvalue weighted by atomic mass is 9.75. The zero-order chi connectivity index (χ0) is 14.0. The summed E-state index contributed by atoms with van der Waals surface area (Å²) in [7, 11) is 0. The van der Waals surface area contributed by atoms with Crippen molar-refractivity contribution < 1.29 is 4.79 Å². The number of hydrogen-bond donors (Lipinski definition) is 1. The van der Waals surface area contributed by atoms with E-state index < -0.39 is 0 Å². The van der Waals surface area contributed by atoms with Crippen molar-refractivity contribution in [3.8, 4) is 0 Å². The molecule has 3 nitrogen and oxygen atoms in total. The number of carbonyl (C=O) groups is 1. The second-order valence-electron chi connectivity index (χ2n) is 6.25. The lowest BCUT2D eigenvalue weighted by molar-refractivity contribution is 0.0902. The Hall–Kier alpha value is -1.09. The maximum Gasteiger partial charge on any atom is 0.251 e. The number of amides is 1. The summed E-state index contributed by atoms with van der Waals surface area (Å²) >= 11 is 5.89. The van der Waals surface area contributed by atoms with Crippen LogP contribution in [0, 0.1) is 12.3 Å². The topological polar surface area (TPSA) is 42.0 Å². The molecule has 0 radical (unpaired) electrons. The molecule has 1 saturated carbocycles. The van der Waals surface area contributed by atoms with Gasteiger partial charge in [-0.1, -0.05) is 31.9 Å². The van der Waals surface area contributed by atoms with E-state index in [1.165, 1.54) is 12.8 Å². The molecule has 1 aliphatic rings. The molecule has 0 saturated heterocycles. The minimum Gasteiger partial charge on any atom is -0.349 e. The Morgan fingerprint density at radius 1 is 1.47 bits per heavy atom. The van der Waals surface area contributed by atoms with Crippen LogP contribution in [0.3, 0.4) is 0 Å². The van der Waals surface area contributed by atoms with Gasteiger partial charge in [0.25, 0.3) is 5.91 Å². The average molecular weight is 281 g/mol. The maximum atomic E-state index is 12.2. The molecule has 19 heavy (non-hydrogen) atoms. The van der Waals surface area contributed by atoms with Crippen molar-refractivity contribution in [2.45, 2.75) is 52.5 Å². The predicted octanol–water partition coefficient (Wildman–Crippen LogP) is 3.74. The van der Waals surface area contributed by atoms with E-state index in [-0.39, 0.29) is 11.9 Å². The third kappa shape index (κ3) is 3.93. The zero-order valence-electron chi connectivity index (χ0n) is 11.8. The molecular formula is C15H21ClN2O. The van der Waals surface area contributed by atoms with Gasteiger partial charge < -0.3 is 5.32 Å². The maximum absolute atomic E-state index is 12.2. The molecule has 0 aromatic carbocycles. The zero-order valence-corrected chi connectivity index (χ0v) is 12.5.